The van der Waals surface area contributed by atoms with Gasteiger partial charge >= 0.3 is 0 Å². The van der Waals surface area contributed by atoms with Gasteiger partial charge in [-0.1, -0.05) is 13.0 Å². The lowest BCUT2D eigenvalue weighted by Crippen LogP contribution is -2.27. The predicted molar refractivity (Wildman–Crippen MR) is 68.9 cm³/mol. The molecule has 0 saturated carbocycles. The van der Waals surface area contributed by atoms with Crippen LogP contribution in [0.15, 0.2) is 18.2 Å². The number of rotatable bonds is 6. The molecule has 0 aliphatic carbocycles. The van der Waals surface area contributed by atoms with E-state index in [0.29, 0.717) is 24.3 Å². The number of hydrogen-bond donors (Lipinski definition) is 1. The monoisotopic (exact) mass is 243 g/mol. The van der Waals surface area contributed by atoms with Gasteiger partial charge in [0.2, 0.25) is 0 Å². The Balaban J connectivity index is 2.69. The van der Waals surface area contributed by atoms with Gasteiger partial charge in [0.15, 0.2) is 0 Å². The molecule has 0 heterocycles. The van der Waals surface area contributed by atoms with Crippen LogP contribution in [-0.4, -0.2) is 13.2 Å². The van der Waals surface area contributed by atoms with E-state index in [4.69, 9.17) is 15.3 Å². The van der Waals surface area contributed by atoms with Crippen LogP contribution in [0.5, 0.6) is 5.75 Å². The van der Waals surface area contributed by atoms with Crippen LogP contribution in [0.1, 0.15) is 30.9 Å². The fourth-order valence-corrected chi connectivity index (χ4v) is 1.69. The highest BCUT2D eigenvalue weighted by Gasteiger charge is 2.07. The van der Waals surface area contributed by atoms with Gasteiger partial charge in [-0.15, -0.1) is 0 Å². The van der Waals surface area contributed by atoms with Crippen molar-refractivity contribution >= 4 is 0 Å². The Hall–Kier alpha value is -2.04. The molecule has 0 aliphatic rings. The van der Waals surface area contributed by atoms with Crippen LogP contribution in [0.2, 0.25) is 0 Å². The fourth-order valence-electron chi connectivity index (χ4n) is 1.69. The highest BCUT2D eigenvalue weighted by Crippen LogP contribution is 2.18. The van der Waals surface area contributed by atoms with Gasteiger partial charge in [0.25, 0.3) is 0 Å². The Labute approximate surface area is 108 Å². The zero-order valence-corrected chi connectivity index (χ0v) is 10.7. The molecule has 18 heavy (non-hydrogen) atoms. The van der Waals surface area contributed by atoms with Gasteiger partial charge in [-0.2, -0.15) is 10.5 Å². The van der Waals surface area contributed by atoms with Gasteiger partial charge in [0.1, 0.15) is 11.8 Å². The molecule has 0 aromatic heterocycles. The van der Waals surface area contributed by atoms with Crippen LogP contribution >= 0.6 is 0 Å². The van der Waals surface area contributed by atoms with Crippen molar-refractivity contribution in [1.82, 2.24) is 5.32 Å². The second-order valence-electron chi connectivity index (χ2n) is 3.99. The van der Waals surface area contributed by atoms with Crippen LogP contribution in [-0.2, 0) is 6.54 Å². The quantitative estimate of drug-likeness (QED) is 0.832. The van der Waals surface area contributed by atoms with Crippen molar-refractivity contribution in [2.75, 3.05) is 7.11 Å². The van der Waals surface area contributed by atoms with Crippen LogP contribution in [0.3, 0.4) is 0 Å². The van der Waals surface area contributed by atoms with Crippen molar-refractivity contribution in [1.29, 1.82) is 10.5 Å². The number of methoxy groups -OCH3 is 1. The number of hydrogen-bond acceptors (Lipinski definition) is 4. The van der Waals surface area contributed by atoms with Crippen molar-refractivity contribution in [3.63, 3.8) is 0 Å². The number of nitriles is 2. The van der Waals surface area contributed by atoms with E-state index in [1.165, 1.54) is 0 Å². The minimum absolute atomic E-state index is 0.197. The summed E-state index contributed by atoms with van der Waals surface area (Å²) in [7, 11) is 1.55. The van der Waals surface area contributed by atoms with Gasteiger partial charge in [-0.3, -0.25) is 0 Å². The van der Waals surface area contributed by atoms with Gasteiger partial charge in [-0.25, -0.2) is 0 Å². The largest absolute Gasteiger partial charge is 0.495 e. The molecule has 4 nitrogen and oxygen atoms in total. The van der Waals surface area contributed by atoms with Gasteiger partial charge in [0.05, 0.1) is 25.2 Å². The average molecular weight is 243 g/mol. The molecule has 1 unspecified atom stereocenters. The van der Waals surface area contributed by atoms with Crippen LogP contribution in [0, 0.1) is 22.7 Å². The van der Waals surface area contributed by atoms with Crippen molar-refractivity contribution in [2.45, 2.75) is 32.4 Å². The van der Waals surface area contributed by atoms with E-state index in [2.05, 4.69) is 17.5 Å². The Morgan fingerprint density at radius 3 is 2.72 bits per heavy atom. The smallest absolute Gasteiger partial charge is 0.136 e. The maximum absolute atomic E-state index is 8.99. The average Bonchev–Trinajstić information content (AvgIpc) is 2.42. The first kappa shape index (κ1) is 14.0. The second-order valence-corrected chi connectivity index (χ2v) is 3.99. The molecule has 0 spiro atoms. The van der Waals surface area contributed by atoms with E-state index in [1.54, 1.807) is 13.2 Å². The summed E-state index contributed by atoms with van der Waals surface area (Å²) < 4.78 is 5.09. The molecule has 0 aliphatic heterocycles. The lowest BCUT2D eigenvalue weighted by molar-refractivity contribution is 0.413. The first-order valence-electron chi connectivity index (χ1n) is 5.92. The zero-order valence-electron chi connectivity index (χ0n) is 10.7. The Kier molecular flexibility index (Phi) is 5.70. The summed E-state index contributed by atoms with van der Waals surface area (Å²) in [6.45, 7) is 2.70. The minimum Gasteiger partial charge on any atom is -0.495 e. The number of ether oxygens (including phenoxy) is 1. The van der Waals surface area contributed by atoms with E-state index in [-0.39, 0.29) is 6.04 Å². The summed E-state index contributed by atoms with van der Waals surface area (Å²) in [5.74, 6) is 0.588. The minimum atomic E-state index is 0.197. The molecule has 0 bridgehead atoms. The molecule has 1 aromatic carbocycles. The predicted octanol–water partition coefficient (Wildman–Crippen LogP) is 2.35. The van der Waals surface area contributed by atoms with Gasteiger partial charge < -0.3 is 10.1 Å². The lowest BCUT2D eigenvalue weighted by Gasteiger charge is -2.14. The topological polar surface area (TPSA) is 68.8 Å². The third-order valence-corrected chi connectivity index (χ3v) is 2.81. The summed E-state index contributed by atoms with van der Waals surface area (Å²) in [5, 5.41) is 21.0. The fraction of sp³-hybridized carbons (Fsp3) is 0.429. The zero-order chi connectivity index (χ0) is 13.4. The molecule has 4 heteroatoms. The molecule has 1 rings (SSSR count). The Morgan fingerprint density at radius 2 is 2.17 bits per heavy atom. The third-order valence-electron chi connectivity index (χ3n) is 2.81. The van der Waals surface area contributed by atoms with E-state index in [9.17, 15) is 0 Å². The van der Waals surface area contributed by atoms with E-state index in [1.807, 2.05) is 19.1 Å². The number of benzene rings is 1. The molecule has 0 fully saturated rings. The van der Waals surface area contributed by atoms with Crippen LogP contribution in [0.25, 0.3) is 0 Å². The first-order valence-corrected chi connectivity index (χ1v) is 5.92. The lowest BCUT2D eigenvalue weighted by atomic mass is 10.1. The van der Waals surface area contributed by atoms with Crippen LogP contribution < -0.4 is 10.1 Å². The number of nitrogens with zero attached hydrogens (tertiary/aromatic N) is 2. The van der Waals surface area contributed by atoms with Gasteiger partial charge in [-0.05, 0) is 24.1 Å². The molecular formula is C14H17N3O. The molecule has 1 aromatic rings. The molecular weight excluding hydrogens is 226 g/mol. The second kappa shape index (κ2) is 7.32. The number of nitrogens with one attached hydrogen (secondary N) is 1. The molecule has 0 saturated heterocycles. The molecule has 1 N–H and O–H groups in total. The van der Waals surface area contributed by atoms with Crippen molar-refractivity contribution in [3.8, 4) is 17.9 Å². The van der Waals surface area contributed by atoms with E-state index < -0.39 is 0 Å². The molecule has 0 radical (unpaired) electrons. The summed E-state index contributed by atoms with van der Waals surface area (Å²) in [4.78, 5) is 0. The van der Waals surface area contributed by atoms with Crippen LogP contribution in [0.4, 0.5) is 0 Å². The summed E-state index contributed by atoms with van der Waals surface area (Å²) >= 11 is 0. The maximum Gasteiger partial charge on any atom is 0.136 e. The first-order chi connectivity index (χ1) is 8.74. The maximum atomic E-state index is 8.99. The molecule has 94 valence electrons. The standard InChI is InChI=1S/C14H17N3O/c1-3-13(6-7-15)17-10-11-4-5-14(18-2)12(8-11)9-16/h4-5,8,13,17H,3,6,10H2,1-2H3. The summed E-state index contributed by atoms with van der Waals surface area (Å²) in [6, 6.07) is 9.99. The van der Waals surface area contributed by atoms with Crippen molar-refractivity contribution in [2.24, 2.45) is 0 Å². The normalized spacial score (nSPS) is 11.3. The van der Waals surface area contributed by atoms with Crippen molar-refractivity contribution in [3.05, 3.63) is 29.3 Å². The van der Waals surface area contributed by atoms with E-state index in [0.717, 1.165) is 12.0 Å². The SMILES string of the molecule is CCC(CC#N)NCc1ccc(OC)c(C#N)c1. The molecule has 1 atom stereocenters. The summed E-state index contributed by atoms with van der Waals surface area (Å²) in [5.41, 5.74) is 1.55. The van der Waals surface area contributed by atoms with E-state index >= 15 is 0 Å². The Morgan fingerprint density at radius 1 is 1.39 bits per heavy atom. The van der Waals surface area contributed by atoms with Gasteiger partial charge in [0, 0.05) is 12.6 Å². The third kappa shape index (κ3) is 3.76. The highest BCUT2D eigenvalue weighted by molar-refractivity contribution is 5.45. The van der Waals surface area contributed by atoms with Crippen molar-refractivity contribution < 1.29 is 4.74 Å². The summed E-state index contributed by atoms with van der Waals surface area (Å²) in [6.07, 6.45) is 1.41. The molecule has 0 amide bonds. The highest BCUT2D eigenvalue weighted by atomic mass is 16.5. The Bertz CT molecular complexity index is 471.